The minimum atomic E-state index is -0.329. The van der Waals surface area contributed by atoms with Gasteiger partial charge in [0.25, 0.3) is 0 Å². The van der Waals surface area contributed by atoms with E-state index in [4.69, 9.17) is 0 Å². The lowest BCUT2D eigenvalue weighted by molar-refractivity contribution is 0.0592. The van der Waals surface area contributed by atoms with Gasteiger partial charge in [-0.2, -0.15) is 0 Å². The largest absolute Gasteiger partial charge is 0.465 e. The molecular weight excluding hydrogens is 280 g/mol. The van der Waals surface area contributed by atoms with Crippen LogP contribution in [0.4, 0.5) is 0 Å². The fourth-order valence-corrected chi connectivity index (χ4v) is 2.14. The molecule has 0 unspecified atom stereocenters. The third-order valence-corrected chi connectivity index (χ3v) is 3.45. The van der Waals surface area contributed by atoms with E-state index in [0.717, 1.165) is 24.0 Å². The second-order valence-electron chi connectivity index (χ2n) is 4.88. The van der Waals surface area contributed by atoms with E-state index >= 15 is 0 Å². The molecule has 114 valence electrons. The van der Waals surface area contributed by atoms with Crippen LogP contribution in [0.2, 0.25) is 0 Å². The maximum Gasteiger partial charge on any atom is 0.337 e. The van der Waals surface area contributed by atoms with Crippen LogP contribution < -0.4 is 0 Å². The normalized spacial score (nSPS) is 10.1. The van der Waals surface area contributed by atoms with Crippen LogP contribution in [0.1, 0.15) is 31.8 Å². The Hall–Kier alpha value is -2.62. The molecule has 0 heterocycles. The van der Waals surface area contributed by atoms with Gasteiger partial charge in [0.05, 0.1) is 25.3 Å². The van der Waals surface area contributed by atoms with Crippen LogP contribution >= 0.6 is 0 Å². The number of rotatable bonds is 5. The number of hydrogen-bond acceptors (Lipinski definition) is 4. The van der Waals surface area contributed by atoms with Crippen molar-refractivity contribution in [3.05, 3.63) is 70.8 Å². The summed E-state index contributed by atoms with van der Waals surface area (Å²) in [6.45, 7) is 0. The van der Waals surface area contributed by atoms with Gasteiger partial charge >= 0.3 is 11.9 Å². The molecule has 0 atom stereocenters. The van der Waals surface area contributed by atoms with Gasteiger partial charge in [-0.1, -0.05) is 24.3 Å². The van der Waals surface area contributed by atoms with E-state index < -0.39 is 0 Å². The summed E-state index contributed by atoms with van der Waals surface area (Å²) >= 11 is 0. The molecule has 4 heteroatoms. The second kappa shape index (κ2) is 7.41. The third-order valence-electron chi connectivity index (χ3n) is 3.45. The lowest BCUT2D eigenvalue weighted by atomic mass is 10.0. The summed E-state index contributed by atoms with van der Waals surface area (Å²) < 4.78 is 9.34. The Bertz CT molecular complexity index is 582. The smallest absolute Gasteiger partial charge is 0.337 e. The van der Waals surface area contributed by atoms with Gasteiger partial charge < -0.3 is 9.47 Å². The monoisotopic (exact) mass is 298 g/mol. The van der Waals surface area contributed by atoms with E-state index in [1.165, 1.54) is 14.2 Å². The maximum absolute atomic E-state index is 11.4. The summed E-state index contributed by atoms with van der Waals surface area (Å²) in [5, 5.41) is 0. The molecule has 0 N–H and O–H groups in total. The van der Waals surface area contributed by atoms with Crippen LogP contribution in [0.5, 0.6) is 0 Å². The van der Waals surface area contributed by atoms with Crippen molar-refractivity contribution in [1.29, 1.82) is 0 Å². The van der Waals surface area contributed by atoms with Gasteiger partial charge in [0, 0.05) is 0 Å². The van der Waals surface area contributed by atoms with Crippen LogP contribution in [-0.2, 0) is 22.3 Å². The molecule has 0 aliphatic heterocycles. The third kappa shape index (κ3) is 3.95. The summed E-state index contributed by atoms with van der Waals surface area (Å²) in [5.41, 5.74) is 3.39. The summed E-state index contributed by atoms with van der Waals surface area (Å²) in [6.07, 6.45) is 1.72. The van der Waals surface area contributed by atoms with Gasteiger partial charge in [0.1, 0.15) is 0 Å². The van der Waals surface area contributed by atoms with Gasteiger partial charge in [0.2, 0.25) is 0 Å². The second-order valence-corrected chi connectivity index (χ2v) is 4.88. The first-order chi connectivity index (χ1) is 10.6. The molecular formula is C18H18O4. The molecule has 0 spiro atoms. The van der Waals surface area contributed by atoms with Gasteiger partial charge in [-0.15, -0.1) is 0 Å². The fourth-order valence-electron chi connectivity index (χ4n) is 2.14. The highest BCUT2D eigenvalue weighted by atomic mass is 16.5. The van der Waals surface area contributed by atoms with Crippen molar-refractivity contribution in [2.75, 3.05) is 14.2 Å². The van der Waals surface area contributed by atoms with Crippen molar-refractivity contribution >= 4 is 11.9 Å². The minimum absolute atomic E-state index is 0.329. The Kier molecular flexibility index (Phi) is 5.31. The Balaban J connectivity index is 1.95. The number of benzene rings is 2. The number of esters is 2. The molecule has 0 aliphatic carbocycles. The Morgan fingerprint density at radius 2 is 1.00 bits per heavy atom. The predicted octanol–water partition coefficient (Wildman–Crippen LogP) is 3.05. The first kappa shape index (κ1) is 15.8. The highest BCUT2D eigenvalue weighted by Crippen LogP contribution is 2.11. The molecule has 0 saturated carbocycles. The number of carbonyl (C=O) groups is 2. The quantitative estimate of drug-likeness (QED) is 0.796. The zero-order chi connectivity index (χ0) is 15.9. The summed E-state index contributed by atoms with van der Waals surface area (Å²) in [7, 11) is 2.74. The van der Waals surface area contributed by atoms with Crippen molar-refractivity contribution in [2.45, 2.75) is 12.8 Å². The van der Waals surface area contributed by atoms with Gasteiger partial charge in [-0.25, -0.2) is 9.59 Å². The van der Waals surface area contributed by atoms with Crippen molar-refractivity contribution in [1.82, 2.24) is 0 Å². The molecule has 2 rings (SSSR count). The standard InChI is InChI=1S/C18H18O4/c1-21-17(19)15-9-5-13(6-10-15)3-4-14-7-11-16(12-8-14)18(20)22-2/h5-12H,3-4H2,1-2H3. The molecule has 0 aliphatic rings. The molecule has 22 heavy (non-hydrogen) atoms. The first-order valence-electron chi connectivity index (χ1n) is 6.98. The van der Waals surface area contributed by atoms with E-state index in [9.17, 15) is 9.59 Å². The van der Waals surface area contributed by atoms with Crippen molar-refractivity contribution in [3.8, 4) is 0 Å². The predicted molar refractivity (Wildman–Crippen MR) is 83.0 cm³/mol. The zero-order valence-electron chi connectivity index (χ0n) is 12.7. The molecule has 0 bridgehead atoms. The average molecular weight is 298 g/mol. The first-order valence-corrected chi connectivity index (χ1v) is 6.98. The van der Waals surface area contributed by atoms with Gasteiger partial charge in [-0.3, -0.25) is 0 Å². The fraction of sp³-hybridized carbons (Fsp3) is 0.222. The van der Waals surface area contributed by atoms with Crippen LogP contribution in [0.25, 0.3) is 0 Å². The molecule has 4 nitrogen and oxygen atoms in total. The lowest BCUT2D eigenvalue weighted by Crippen LogP contribution is -2.02. The SMILES string of the molecule is COC(=O)c1ccc(CCc2ccc(C(=O)OC)cc2)cc1. The van der Waals surface area contributed by atoms with Crippen molar-refractivity contribution in [2.24, 2.45) is 0 Å². The highest BCUT2D eigenvalue weighted by molar-refractivity contribution is 5.89. The topological polar surface area (TPSA) is 52.6 Å². The van der Waals surface area contributed by atoms with E-state index in [2.05, 4.69) is 9.47 Å². The minimum Gasteiger partial charge on any atom is -0.465 e. The van der Waals surface area contributed by atoms with Gasteiger partial charge in [0.15, 0.2) is 0 Å². The Morgan fingerprint density at radius 3 is 1.27 bits per heavy atom. The number of ether oxygens (including phenoxy) is 2. The van der Waals surface area contributed by atoms with E-state index in [-0.39, 0.29) is 11.9 Å². The Labute approximate surface area is 129 Å². The van der Waals surface area contributed by atoms with Gasteiger partial charge in [-0.05, 0) is 48.2 Å². The van der Waals surface area contributed by atoms with Crippen molar-refractivity contribution < 1.29 is 19.1 Å². The van der Waals surface area contributed by atoms with Crippen LogP contribution in [0.15, 0.2) is 48.5 Å². The van der Waals surface area contributed by atoms with E-state index in [1.807, 2.05) is 24.3 Å². The average Bonchev–Trinajstić information content (AvgIpc) is 2.59. The molecule has 2 aromatic carbocycles. The molecule has 0 saturated heterocycles. The van der Waals surface area contributed by atoms with Crippen LogP contribution in [0, 0.1) is 0 Å². The maximum atomic E-state index is 11.4. The number of carbonyl (C=O) groups excluding carboxylic acids is 2. The lowest BCUT2D eigenvalue weighted by Gasteiger charge is -2.05. The molecule has 0 fully saturated rings. The van der Waals surface area contributed by atoms with Crippen molar-refractivity contribution in [3.63, 3.8) is 0 Å². The molecule has 0 aromatic heterocycles. The zero-order valence-corrected chi connectivity index (χ0v) is 12.7. The molecule has 2 aromatic rings. The summed E-state index contributed by atoms with van der Waals surface area (Å²) in [5.74, 6) is -0.658. The summed E-state index contributed by atoms with van der Waals surface area (Å²) in [4.78, 5) is 22.7. The number of methoxy groups -OCH3 is 2. The molecule has 0 radical (unpaired) electrons. The summed E-state index contributed by atoms with van der Waals surface area (Å²) in [6, 6.07) is 14.8. The highest BCUT2D eigenvalue weighted by Gasteiger charge is 2.06. The molecule has 0 amide bonds. The van der Waals surface area contributed by atoms with E-state index in [1.54, 1.807) is 24.3 Å². The van der Waals surface area contributed by atoms with Crippen LogP contribution in [-0.4, -0.2) is 26.2 Å². The Morgan fingerprint density at radius 1 is 0.682 bits per heavy atom. The van der Waals surface area contributed by atoms with E-state index in [0.29, 0.717) is 11.1 Å². The number of aryl methyl sites for hydroxylation is 2. The number of hydrogen-bond donors (Lipinski definition) is 0. The van der Waals surface area contributed by atoms with Crippen LogP contribution in [0.3, 0.4) is 0 Å².